The molecule has 18 heavy (non-hydrogen) atoms. The van der Waals surface area contributed by atoms with E-state index < -0.39 is 0 Å². The predicted molar refractivity (Wildman–Crippen MR) is 62.5 cm³/mol. The van der Waals surface area contributed by atoms with Gasteiger partial charge < -0.3 is 5.32 Å². The zero-order chi connectivity index (χ0) is 12.1. The number of nitrogens with zero attached hydrogens (tertiary/aromatic N) is 3. The van der Waals surface area contributed by atoms with Crippen LogP contribution in [0.1, 0.15) is 42.7 Å². The van der Waals surface area contributed by atoms with Crippen LogP contribution in [-0.4, -0.2) is 32.6 Å². The summed E-state index contributed by atoms with van der Waals surface area (Å²) in [5.41, 5.74) is 0. The van der Waals surface area contributed by atoms with Gasteiger partial charge in [0.25, 0.3) is 11.7 Å². The summed E-state index contributed by atoms with van der Waals surface area (Å²) in [4.78, 5) is 12.0. The molecule has 96 valence electrons. The summed E-state index contributed by atoms with van der Waals surface area (Å²) >= 11 is 0. The highest BCUT2D eigenvalue weighted by Gasteiger charge is 2.48. The molecular formula is C12H17N5O. The average Bonchev–Trinajstić information content (AvgIpc) is 2.86. The number of rotatable bonds is 2. The topological polar surface area (TPSA) is 83.6 Å². The van der Waals surface area contributed by atoms with Crippen LogP contribution in [0.2, 0.25) is 0 Å². The van der Waals surface area contributed by atoms with E-state index in [-0.39, 0.29) is 11.7 Å². The Labute approximate surface area is 105 Å². The van der Waals surface area contributed by atoms with Crippen molar-refractivity contribution in [3.8, 4) is 0 Å². The summed E-state index contributed by atoms with van der Waals surface area (Å²) in [6.45, 7) is 0. The molecule has 4 saturated carbocycles. The summed E-state index contributed by atoms with van der Waals surface area (Å²) in [5, 5.41) is 16.4. The quantitative estimate of drug-likeness (QED) is 0.808. The van der Waals surface area contributed by atoms with Gasteiger partial charge >= 0.3 is 0 Å². The minimum absolute atomic E-state index is 0.156. The molecule has 1 amide bonds. The third kappa shape index (κ3) is 1.54. The monoisotopic (exact) mass is 247 g/mol. The van der Waals surface area contributed by atoms with Crippen molar-refractivity contribution in [2.24, 2.45) is 23.7 Å². The SMILES string of the molecule is O=C(NC1C2CC3CC(C2)CC1C3)c1nn[nH]n1. The molecule has 0 spiro atoms. The van der Waals surface area contributed by atoms with Crippen molar-refractivity contribution in [3.05, 3.63) is 5.82 Å². The van der Waals surface area contributed by atoms with Crippen LogP contribution in [0.4, 0.5) is 0 Å². The number of carbonyl (C=O) groups is 1. The Morgan fingerprint density at radius 3 is 2.33 bits per heavy atom. The fourth-order valence-corrected chi connectivity index (χ4v) is 4.63. The molecule has 0 saturated heterocycles. The number of H-pyrrole nitrogens is 1. The van der Waals surface area contributed by atoms with Gasteiger partial charge in [-0.2, -0.15) is 5.21 Å². The summed E-state index contributed by atoms with van der Waals surface area (Å²) in [5.74, 6) is 3.18. The van der Waals surface area contributed by atoms with Crippen molar-refractivity contribution < 1.29 is 4.79 Å². The largest absolute Gasteiger partial charge is 0.346 e. The van der Waals surface area contributed by atoms with E-state index in [9.17, 15) is 4.79 Å². The summed E-state index contributed by atoms with van der Waals surface area (Å²) in [6, 6.07) is 0.337. The van der Waals surface area contributed by atoms with E-state index in [4.69, 9.17) is 0 Å². The molecule has 1 heterocycles. The van der Waals surface area contributed by atoms with Crippen molar-refractivity contribution in [1.82, 2.24) is 25.9 Å². The van der Waals surface area contributed by atoms with E-state index in [1.165, 1.54) is 32.1 Å². The fourth-order valence-electron chi connectivity index (χ4n) is 4.63. The minimum Gasteiger partial charge on any atom is -0.346 e. The molecule has 6 heteroatoms. The number of aromatic nitrogens is 4. The van der Waals surface area contributed by atoms with Crippen LogP contribution >= 0.6 is 0 Å². The van der Waals surface area contributed by atoms with Crippen LogP contribution in [-0.2, 0) is 0 Å². The van der Waals surface area contributed by atoms with Gasteiger partial charge in [-0.3, -0.25) is 4.79 Å². The van der Waals surface area contributed by atoms with Crippen LogP contribution in [0.3, 0.4) is 0 Å². The maximum absolute atomic E-state index is 12.0. The molecule has 2 N–H and O–H groups in total. The van der Waals surface area contributed by atoms with Gasteiger partial charge in [0.2, 0.25) is 0 Å². The number of carbonyl (C=O) groups excluding carboxylic acids is 1. The molecular weight excluding hydrogens is 230 g/mol. The second-order valence-corrected chi connectivity index (χ2v) is 6.17. The Bertz CT molecular complexity index is 429. The first-order valence-electron chi connectivity index (χ1n) is 6.84. The molecule has 5 rings (SSSR count). The first-order chi connectivity index (χ1) is 8.79. The molecule has 1 aromatic heterocycles. The molecule has 4 bridgehead atoms. The van der Waals surface area contributed by atoms with Crippen LogP contribution < -0.4 is 5.32 Å². The van der Waals surface area contributed by atoms with Crippen molar-refractivity contribution in [1.29, 1.82) is 0 Å². The van der Waals surface area contributed by atoms with Crippen LogP contribution in [0, 0.1) is 23.7 Å². The fraction of sp³-hybridized carbons (Fsp3) is 0.833. The van der Waals surface area contributed by atoms with E-state index in [0.717, 1.165) is 11.8 Å². The van der Waals surface area contributed by atoms with Gasteiger partial charge in [0.15, 0.2) is 0 Å². The Balaban J connectivity index is 1.50. The van der Waals surface area contributed by atoms with E-state index in [2.05, 4.69) is 25.9 Å². The maximum Gasteiger partial charge on any atom is 0.293 e. The van der Waals surface area contributed by atoms with E-state index in [0.29, 0.717) is 17.9 Å². The van der Waals surface area contributed by atoms with Gasteiger partial charge in [0, 0.05) is 6.04 Å². The number of tetrazole rings is 1. The summed E-state index contributed by atoms with van der Waals surface area (Å²) in [7, 11) is 0. The molecule has 4 aliphatic carbocycles. The Hall–Kier alpha value is -1.46. The van der Waals surface area contributed by atoms with E-state index in [1.54, 1.807) is 0 Å². The molecule has 4 fully saturated rings. The highest BCUT2D eigenvalue weighted by atomic mass is 16.2. The average molecular weight is 247 g/mol. The number of hydrogen-bond acceptors (Lipinski definition) is 4. The Morgan fingerprint density at radius 2 is 1.78 bits per heavy atom. The number of hydrogen-bond donors (Lipinski definition) is 2. The summed E-state index contributed by atoms with van der Waals surface area (Å²) < 4.78 is 0. The van der Waals surface area contributed by atoms with Gasteiger partial charge in [0.1, 0.15) is 0 Å². The summed E-state index contributed by atoms with van der Waals surface area (Å²) in [6.07, 6.45) is 6.61. The van der Waals surface area contributed by atoms with Crippen molar-refractivity contribution in [2.45, 2.75) is 38.1 Å². The molecule has 6 nitrogen and oxygen atoms in total. The number of nitrogens with one attached hydrogen (secondary N) is 2. The molecule has 0 aromatic carbocycles. The second-order valence-electron chi connectivity index (χ2n) is 6.17. The highest BCUT2D eigenvalue weighted by Crippen LogP contribution is 2.53. The zero-order valence-corrected chi connectivity index (χ0v) is 10.2. The number of aromatic amines is 1. The third-order valence-electron chi connectivity index (χ3n) is 5.07. The zero-order valence-electron chi connectivity index (χ0n) is 10.2. The van der Waals surface area contributed by atoms with E-state index >= 15 is 0 Å². The lowest BCUT2D eigenvalue weighted by Gasteiger charge is -2.54. The first-order valence-corrected chi connectivity index (χ1v) is 6.84. The smallest absolute Gasteiger partial charge is 0.293 e. The molecule has 0 aliphatic heterocycles. The first kappa shape index (κ1) is 10.5. The predicted octanol–water partition coefficient (Wildman–Crippen LogP) is 0.754. The molecule has 0 radical (unpaired) electrons. The standard InChI is InChI=1S/C12H17N5O/c18-12(11-14-16-17-15-11)13-10-8-2-6-1-7(4-8)5-9(10)3-6/h6-10H,1-5H2,(H,13,18)(H,14,15,16,17). The third-order valence-corrected chi connectivity index (χ3v) is 5.07. The van der Waals surface area contributed by atoms with Crippen molar-refractivity contribution in [2.75, 3.05) is 0 Å². The van der Waals surface area contributed by atoms with Crippen LogP contribution in [0.15, 0.2) is 0 Å². The number of amides is 1. The van der Waals surface area contributed by atoms with Crippen LogP contribution in [0.5, 0.6) is 0 Å². The lowest BCUT2D eigenvalue weighted by Crippen LogP contribution is -2.55. The van der Waals surface area contributed by atoms with E-state index in [1.807, 2.05) is 0 Å². The van der Waals surface area contributed by atoms with Gasteiger partial charge in [-0.1, -0.05) is 0 Å². The lowest BCUT2D eigenvalue weighted by molar-refractivity contribution is -0.0120. The molecule has 0 atom stereocenters. The van der Waals surface area contributed by atoms with Crippen molar-refractivity contribution in [3.63, 3.8) is 0 Å². The molecule has 1 aromatic rings. The highest BCUT2D eigenvalue weighted by molar-refractivity contribution is 5.90. The second kappa shape index (κ2) is 3.76. The van der Waals surface area contributed by atoms with Crippen LogP contribution in [0.25, 0.3) is 0 Å². The van der Waals surface area contributed by atoms with Gasteiger partial charge in [-0.25, -0.2) is 0 Å². The van der Waals surface area contributed by atoms with Gasteiger partial charge in [-0.15, -0.1) is 10.2 Å². The molecule has 0 unspecified atom stereocenters. The van der Waals surface area contributed by atoms with Gasteiger partial charge in [0.05, 0.1) is 0 Å². The van der Waals surface area contributed by atoms with Gasteiger partial charge in [-0.05, 0) is 61.0 Å². The van der Waals surface area contributed by atoms with Crippen molar-refractivity contribution >= 4 is 5.91 Å². The lowest BCUT2D eigenvalue weighted by atomic mass is 9.54. The minimum atomic E-state index is -0.179. The molecule has 4 aliphatic rings. The maximum atomic E-state index is 12.0. The normalized spacial score (nSPS) is 41.0. The Kier molecular flexibility index (Phi) is 2.19. The Morgan fingerprint density at radius 1 is 1.11 bits per heavy atom.